The monoisotopic (exact) mass is 280 g/mol. The number of halogens is 1. The van der Waals surface area contributed by atoms with Crippen LogP contribution in [0.5, 0.6) is 0 Å². The second kappa shape index (κ2) is 5.61. The minimum Gasteiger partial charge on any atom is -1.00 e. The number of benzene rings is 1. The molecule has 0 bridgehead atoms. The maximum atomic E-state index is 11.2. The Morgan fingerprint density at radius 1 is 1.19 bits per heavy atom. The average molecular weight is 281 g/mol. The minimum atomic E-state index is -0.0640. The van der Waals surface area contributed by atoms with Crippen molar-refractivity contribution in [2.75, 3.05) is 0 Å². The number of hydrogen-bond donors (Lipinski definition) is 1. The van der Waals surface area contributed by atoms with Crippen molar-refractivity contribution in [3.8, 4) is 0 Å². The first-order valence-electron chi connectivity index (χ1n) is 4.88. The van der Waals surface area contributed by atoms with Crippen LogP contribution in [-0.4, -0.2) is 4.98 Å². The number of nitrogens with zero attached hydrogens (tertiary/aromatic N) is 1. The first-order chi connectivity index (χ1) is 7.24. The fraction of sp³-hybridized carbons (Fsp3) is 0.167. The Hall–Kier alpha value is -1.42. The molecule has 0 fully saturated rings. The molecule has 4 heteroatoms. The van der Waals surface area contributed by atoms with Crippen LogP contribution < -0.4 is 27.1 Å². The Morgan fingerprint density at radius 3 is 2.50 bits per heavy atom. The van der Waals surface area contributed by atoms with E-state index < -0.39 is 0 Å². The maximum Gasteiger partial charge on any atom is 0.312 e. The lowest BCUT2D eigenvalue weighted by molar-refractivity contribution is -0.689. The quantitative estimate of drug-likeness (QED) is 0.637. The molecule has 84 valence electrons. The summed E-state index contributed by atoms with van der Waals surface area (Å²) in [6.45, 7) is 2.61. The fourth-order valence-corrected chi connectivity index (χ4v) is 1.58. The van der Waals surface area contributed by atoms with Gasteiger partial charge in [0.25, 0.3) is 0 Å². The molecule has 1 aromatic carbocycles. The molecule has 3 nitrogen and oxygen atoms in total. The van der Waals surface area contributed by atoms with Crippen LogP contribution in [0.4, 0.5) is 0 Å². The molecule has 2 rings (SSSR count). The first kappa shape index (κ1) is 12.6. The molecule has 0 unspecified atom stereocenters. The van der Waals surface area contributed by atoms with Crippen molar-refractivity contribution in [1.82, 2.24) is 4.98 Å². The highest BCUT2D eigenvalue weighted by Gasteiger charge is 2.04. The molecule has 0 spiro atoms. The lowest BCUT2D eigenvalue weighted by Gasteiger charge is -1.97. The molecule has 2 aromatic rings. The van der Waals surface area contributed by atoms with E-state index in [1.54, 1.807) is 6.20 Å². The van der Waals surface area contributed by atoms with E-state index in [9.17, 15) is 4.79 Å². The van der Waals surface area contributed by atoms with Crippen LogP contribution in [-0.2, 0) is 6.54 Å². The average Bonchev–Trinajstić information content (AvgIpc) is 2.17. The third-order valence-corrected chi connectivity index (χ3v) is 2.17. The standard InChI is InChI=1S/C12H12N2O.BrH/c1-10-7-14(9-12(15)13-10)8-11-5-3-2-4-6-11;/h2-7,9H,8H2,1H3;1H. The van der Waals surface area contributed by atoms with E-state index >= 15 is 0 Å². The predicted octanol–water partition coefficient (Wildman–Crippen LogP) is -1.98. The van der Waals surface area contributed by atoms with E-state index in [0.717, 1.165) is 12.2 Å². The van der Waals surface area contributed by atoms with E-state index in [2.05, 4.69) is 4.98 Å². The third-order valence-electron chi connectivity index (χ3n) is 2.17. The van der Waals surface area contributed by atoms with Gasteiger partial charge in [0.2, 0.25) is 6.20 Å². The molecule has 0 radical (unpaired) electrons. The Kier molecular flexibility index (Phi) is 4.43. The Bertz CT molecular complexity index is 508. The van der Waals surface area contributed by atoms with Crippen LogP contribution >= 0.6 is 0 Å². The van der Waals surface area contributed by atoms with Gasteiger partial charge in [0.15, 0.2) is 12.7 Å². The predicted molar refractivity (Wildman–Crippen MR) is 57.5 cm³/mol. The van der Waals surface area contributed by atoms with Crippen LogP contribution in [0.3, 0.4) is 0 Å². The molecule has 0 aliphatic rings. The van der Waals surface area contributed by atoms with Crippen LogP contribution in [0.2, 0.25) is 0 Å². The van der Waals surface area contributed by atoms with Gasteiger partial charge in [0.05, 0.1) is 5.69 Å². The van der Waals surface area contributed by atoms with Gasteiger partial charge in [-0.25, -0.2) is 0 Å². The van der Waals surface area contributed by atoms with Crippen LogP contribution in [0, 0.1) is 6.92 Å². The van der Waals surface area contributed by atoms with Crippen LogP contribution in [0.25, 0.3) is 0 Å². The largest absolute Gasteiger partial charge is 1.00 e. The molecule has 0 saturated carbocycles. The summed E-state index contributed by atoms with van der Waals surface area (Å²) in [5, 5.41) is 0. The maximum absolute atomic E-state index is 11.2. The minimum absolute atomic E-state index is 0. The molecule has 1 aromatic heterocycles. The summed E-state index contributed by atoms with van der Waals surface area (Å²) >= 11 is 0. The highest BCUT2D eigenvalue weighted by atomic mass is 79.9. The first-order valence-corrected chi connectivity index (χ1v) is 4.88. The molecular weight excluding hydrogens is 268 g/mol. The summed E-state index contributed by atoms with van der Waals surface area (Å²) in [5.74, 6) is 0. The number of rotatable bonds is 2. The van der Waals surface area contributed by atoms with E-state index in [4.69, 9.17) is 0 Å². The molecule has 16 heavy (non-hydrogen) atoms. The number of aryl methyl sites for hydroxylation is 1. The summed E-state index contributed by atoms with van der Waals surface area (Å²) in [4.78, 5) is 13.9. The zero-order valence-electron chi connectivity index (χ0n) is 8.98. The van der Waals surface area contributed by atoms with E-state index in [1.165, 1.54) is 5.56 Å². The normalized spacial score (nSPS) is 9.56. The van der Waals surface area contributed by atoms with Gasteiger partial charge in [0.1, 0.15) is 0 Å². The Balaban J connectivity index is 0.00000128. The molecule has 0 aliphatic carbocycles. The number of hydrogen-bond acceptors (Lipinski definition) is 1. The van der Waals surface area contributed by atoms with Crippen molar-refractivity contribution >= 4 is 0 Å². The zero-order chi connectivity index (χ0) is 10.7. The van der Waals surface area contributed by atoms with Gasteiger partial charge in [-0.1, -0.05) is 30.3 Å². The summed E-state index contributed by atoms with van der Waals surface area (Å²) in [5.41, 5.74) is 2.00. The number of nitrogens with one attached hydrogen (secondary N) is 1. The Morgan fingerprint density at radius 2 is 1.88 bits per heavy atom. The molecule has 0 saturated heterocycles. The van der Waals surface area contributed by atoms with Crippen LogP contribution in [0.1, 0.15) is 11.3 Å². The van der Waals surface area contributed by atoms with Crippen molar-refractivity contribution < 1.29 is 21.5 Å². The SMILES string of the molecule is Cc1c[n+](Cc2ccccc2)cc(=O)[nH]1.[Br-]. The molecule has 0 aliphatic heterocycles. The number of aromatic amines is 1. The van der Waals surface area contributed by atoms with Gasteiger partial charge in [-0.15, -0.1) is 0 Å². The molecule has 1 heterocycles. The van der Waals surface area contributed by atoms with Gasteiger partial charge in [-0.2, -0.15) is 4.57 Å². The molecular formula is C12H13BrN2O. The molecule has 0 amide bonds. The number of H-pyrrole nitrogens is 1. The molecule has 0 atom stereocenters. The van der Waals surface area contributed by atoms with Gasteiger partial charge in [0, 0.05) is 5.56 Å². The van der Waals surface area contributed by atoms with Gasteiger partial charge >= 0.3 is 5.56 Å². The zero-order valence-corrected chi connectivity index (χ0v) is 10.6. The second-order valence-corrected chi connectivity index (χ2v) is 3.59. The smallest absolute Gasteiger partial charge is 0.312 e. The lowest BCUT2D eigenvalue weighted by atomic mass is 10.2. The molecule has 1 N–H and O–H groups in total. The van der Waals surface area contributed by atoms with Crippen molar-refractivity contribution in [2.24, 2.45) is 0 Å². The topological polar surface area (TPSA) is 36.7 Å². The van der Waals surface area contributed by atoms with E-state index in [0.29, 0.717) is 0 Å². The highest BCUT2D eigenvalue weighted by Crippen LogP contribution is 1.96. The van der Waals surface area contributed by atoms with Crippen molar-refractivity contribution in [2.45, 2.75) is 13.5 Å². The van der Waals surface area contributed by atoms with E-state index in [1.807, 2.05) is 48.0 Å². The van der Waals surface area contributed by atoms with Gasteiger partial charge < -0.3 is 22.0 Å². The highest BCUT2D eigenvalue weighted by molar-refractivity contribution is 5.13. The number of aromatic nitrogens is 2. The summed E-state index contributed by atoms with van der Waals surface area (Å²) in [6.07, 6.45) is 3.49. The lowest BCUT2D eigenvalue weighted by Crippen LogP contribution is -3.00. The Labute approximate surface area is 105 Å². The summed E-state index contributed by atoms with van der Waals surface area (Å²) < 4.78 is 1.89. The van der Waals surface area contributed by atoms with Crippen molar-refractivity contribution in [3.63, 3.8) is 0 Å². The van der Waals surface area contributed by atoms with Crippen molar-refractivity contribution in [3.05, 3.63) is 64.3 Å². The van der Waals surface area contributed by atoms with Gasteiger partial charge in [-0.05, 0) is 6.92 Å². The van der Waals surface area contributed by atoms with Gasteiger partial charge in [-0.3, -0.25) is 4.79 Å². The summed E-state index contributed by atoms with van der Waals surface area (Å²) in [7, 11) is 0. The van der Waals surface area contributed by atoms with E-state index in [-0.39, 0.29) is 22.5 Å². The summed E-state index contributed by atoms with van der Waals surface area (Å²) in [6, 6.07) is 10.1. The fourth-order valence-electron chi connectivity index (χ4n) is 1.58. The third kappa shape index (κ3) is 3.31. The van der Waals surface area contributed by atoms with Crippen molar-refractivity contribution in [1.29, 1.82) is 0 Å². The second-order valence-electron chi connectivity index (χ2n) is 3.59. The van der Waals surface area contributed by atoms with Crippen LogP contribution in [0.15, 0.2) is 47.5 Å².